The molecule has 1 aromatic heterocycles. The Morgan fingerprint density at radius 2 is 1.91 bits per heavy atom. The number of benzene rings is 1. The van der Waals surface area contributed by atoms with Gasteiger partial charge in [0, 0.05) is 25.2 Å². The molecule has 1 unspecified atom stereocenters. The summed E-state index contributed by atoms with van der Waals surface area (Å²) in [5.74, 6) is -0.691. The molecule has 1 saturated carbocycles. The summed E-state index contributed by atoms with van der Waals surface area (Å²) in [6, 6.07) is 11.5. The summed E-state index contributed by atoms with van der Waals surface area (Å²) >= 11 is 0. The SMILES string of the molecule is CN(CC1(c2ccccc2)CC1(C)C)C(=O)c1cncc(F)c1. The van der Waals surface area contributed by atoms with Gasteiger partial charge in [-0.25, -0.2) is 4.39 Å². The number of aromatic nitrogens is 1. The van der Waals surface area contributed by atoms with Gasteiger partial charge in [0.15, 0.2) is 0 Å². The molecule has 23 heavy (non-hydrogen) atoms. The van der Waals surface area contributed by atoms with E-state index in [1.807, 2.05) is 18.2 Å². The number of likely N-dealkylation sites (N-methyl/N-ethyl adjacent to an activating group) is 1. The molecule has 120 valence electrons. The first-order chi connectivity index (χ1) is 10.9. The maximum Gasteiger partial charge on any atom is 0.255 e. The molecule has 1 aliphatic rings. The molecule has 1 aliphatic carbocycles. The average Bonchev–Trinajstić information content (AvgIpc) is 3.09. The lowest BCUT2D eigenvalue weighted by Crippen LogP contribution is -2.36. The monoisotopic (exact) mass is 312 g/mol. The van der Waals surface area contributed by atoms with E-state index in [9.17, 15) is 9.18 Å². The number of pyridine rings is 1. The molecule has 1 amide bonds. The standard InChI is InChI=1S/C19H21FN2O/c1-18(2)12-19(18,15-7-5-4-6-8-15)13-22(3)17(23)14-9-16(20)11-21-10-14/h4-11H,12-13H2,1-3H3. The van der Waals surface area contributed by atoms with Crippen molar-refractivity contribution in [2.24, 2.45) is 5.41 Å². The lowest BCUT2D eigenvalue weighted by atomic mass is 9.87. The van der Waals surface area contributed by atoms with Crippen molar-refractivity contribution >= 4 is 5.91 Å². The number of nitrogens with zero attached hydrogens (tertiary/aromatic N) is 2. The zero-order valence-electron chi connectivity index (χ0n) is 13.7. The number of hydrogen-bond acceptors (Lipinski definition) is 2. The van der Waals surface area contributed by atoms with Crippen molar-refractivity contribution in [3.8, 4) is 0 Å². The topological polar surface area (TPSA) is 33.2 Å². The Morgan fingerprint density at radius 1 is 1.26 bits per heavy atom. The molecule has 0 N–H and O–H groups in total. The van der Waals surface area contributed by atoms with Crippen molar-refractivity contribution in [2.75, 3.05) is 13.6 Å². The van der Waals surface area contributed by atoms with E-state index in [1.54, 1.807) is 11.9 Å². The van der Waals surface area contributed by atoms with Crippen LogP contribution in [0.4, 0.5) is 4.39 Å². The molecule has 0 spiro atoms. The Bertz CT molecular complexity index is 729. The molecule has 0 bridgehead atoms. The van der Waals surface area contributed by atoms with E-state index >= 15 is 0 Å². The van der Waals surface area contributed by atoms with Crippen LogP contribution in [0.1, 0.15) is 36.2 Å². The first-order valence-corrected chi connectivity index (χ1v) is 7.77. The number of rotatable bonds is 4. The second-order valence-electron chi connectivity index (χ2n) is 7.06. The molecule has 4 heteroatoms. The van der Waals surface area contributed by atoms with Crippen LogP contribution in [0.2, 0.25) is 0 Å². The van der Waals surface area contributed by atoms with Gasteiger partial charge in [0.2, 0.25) is 0 Å². The normalized spacial score (nSPS) is 21.7. The van der Waals surface area contributed by atoms with Crippen molar-refractivity contribution in [1.29, 1.82) is 0 Å². The highest BCUT2D eigenvalue weighted by molar-refractivity contribution is 5.93. The van der Waals surface area contributed by atoms with Crippen LogP contribution < -0.4 is 0 Å². The number of hydrogen-bond donors (Lipinski definition) is 0. The third-order valence-corrected chi connectivity index (χ3v) is 5.05. The molecule has 1 aromatic carbocycles. The lowest BCUT2D eigenvalue weighted by Gasteiger charge is -2.27. The minimum atomic E-state index is -0.492. The molecule has 1 atom stereocenters. The average molecular weight is 312 g/mol. The van der Waals surface area contributed by atoms with Crippen LogP contribution in [-0.4, -0.2) is 29.4 Å². The summed E-state index contributed by atoms with van der Waals surface area (Å²) in [6.07, 6.45) is 3.55. The van der Waals surface area contributed by atoms with E-state index in [1.165, 1.54) is 17.8 Å². The van der Waals surface area contributed by atoms with Gasteiger partial charge in [0.05, 0.1) is 11.8 Å². The van der Waals surface area contributed by atoms with Crippen molar-refractivity contribution in [1.82, 2.24) is 9.88 Å². The predicted molar refractivity (Wildman–Crippen MR) is 87.7 cm³/mol. The first-order valence-electron chi connectivity index (χ1n) is 7.77. The van der Waals surface area contributed by atoms with Crippen LogP contribution >= 0.6 is 0 Å². The van der Waals surface area contributed by atoms with Gasteiger partial charge in [-0.15, -0.1) is 0 Å². The Morgan fingerprint density at radius 3 is 2.48 bits per heavy atom. The predicted octanol–water partition coefficient (Wildman–Crippen LogP) is 3.66. The van der Waals surface area contributed by atoms with E-state index < -0.39 is 5.82 Å². The summed E-state index contributed by atoms with van der Waals surface area (Å²) in [6.45, 7) is 5.06. The molecule has 2 aromatic rings. The van der Waals surface area contributed by atoms with Gasteiger partial charge in [0.1, 0.15) is 5.82 Å². The fraction of sp³-hybridized carbons (Fsp3) is 0.368. The van der Waals surface area contributed by atoms with Gasteiger partial charge in [0.25, 0.3) is 5.91 Å². The third-order valence-electron chi connectivity index (χ3n) is 5.05. The number of carbonyl (C=O) groups is 1. The fourth-order valence-electron chi connectivity index (χ4n) is 3.55. The Hall–Kier alpha value is -2.23. The molecule has 0 saturated heterocycles. The minimum Gasteiger partial charge on any atom is -0.341 e. The largest absolute Gasteiger partial charge is 0.341 e. The maximum absolute atomic E-state index is 13.3. The third kappa shape index (κ3) is 2.74. The second-order valence-corrected chi connectivity index (χ2v) is 7.06. The molecular formula is C19H21FN2O. The fourth-order valence-corrected chi connectivity index (χ4v) is 3.55. The highest BCUT2D eigenvalue weighted by Crippen LogP contribution is 2.64. The number of amides is 1. The summed E-state index contributed by atoms with van der Waals surface area (Å²) in [5, 5.41) is 0. The highest BCUT2D eigenvalue weighted by Gasteiger charge is 2.62. The van der Waals surface area contributed by atoms with E-state index in [2.05, 4.69) is 31.0 Å². The maximum atomic E-state index is 13.3. The smallest absolute Gasteiger partial charge is 0.255 e. The number of carbonyl (C=O) groups excluding carboxylic acids is 1. The molecule has 3 rings (SSSR count). The van der Waals surface area contributed by atoms with E-state index in [0.29, 0.717) is 6.54 Å². The highest BCUT2D eigenvalue weighted by atomic mass is 19.1. The molecule has 1 fully saturated rings. The van der Waals surface area contributed by atoms with Crippen molar-refractivity contribution < 1.29 is 9.18 Å². The first kappa shape index (κ1) is 15.7. The van der Waals surface area contributed by atoms with Crippen LogP contribution in [0, 0.1) is 11.2 Å². The molecule has 0 radical (unpaired) electrons. The van der Waals surface area contributed by atoms with Crippen molar-refractivity contribution in [3.63, 3.8) is 0 Å². The van der Waals surface area contributed by atoms with Crippen LogP contribution in [0.5, 0.6) is 0 Å². The summed E-state index contributed by atoms with van der Waals surface area (Å²) in [7, 11) is 1.77. The summed E-state index contributed by atoms with van der Waals surface area (Å²) in [4.78, 5) is 18.0. The van der Waals surface area contributed by atoms with E-state index in [-0.39, 0.29) is 22.3 Å². The second kappa shape index (κ2) is 5.44. The molecule has 1 heterocycles. The molecule has 0 aliphatic heterocycles. The van der Waals surface area contributed by atoms with Gasteiger partial charge in [-0.1, -0.05) is 44.2 Å². The van der Waals surface area contributed by atoms with Gasteiger partial charge in [-0.2, -0.15) is 0 Å². The molecular weight excluding hydrogens is 291 g/mol. The van der Waals surface area contributed by atoms with E-state index in [0.717, 1.165) is 12.6 Å². The van der Waals surface area contributed by atoms with Crippen LogP contribution in [-0.2, 0) is 5.41 Å². The Kier molecular flexibility index (Phi) is 3.71. The van der Waals surface area contributed by atoms with Gasteiger partial charge < -0.3 is 4.90 Å². The summed E-state index contributed by atoms with van der Waals surface area (Å²) < 4.78 is 13.3. The quantitative estimate of drug-likeness (QED) is 0.863. The van der Waals surface area contributed by atoms with Gasteiger partial charge in [-0.05, 0) is 23.5 Å². The van der Waals surface area contributed by atoms with Gasteiger partial charge in [-0.3, -0.25) is 9.78 Å². The van der Waals surface area contributed by atoms with Gasteiger partial charge >= 0.3 is 0 Å². The zero-order valence-corrected chi connectivity index (χ0v) is 13.7. The lowest BCUT2D eigenvalue weighted by molar-refractivity contribution is 0.0774. The van der Waals surface area contributed by atoms with Crippen molar-refractivity contribution in [3.05, 3.63) is 65.7 Å². The zero-order chi connectivity index (χ0) is 16.7. The minimum absolute atomic E-state index is 0.0422. The van der Waals surface area contributed by atoms with Crippen LogP contribution in [0.3, 0.4) is 0 Å². The van der Waals surface area contributed by atoms with Crippen LogP contribution in [0.25, 0.3) is 0 Å². The Balaban J connectivity index is 1.84. The summed E-state index contributed by atoms with van der Waals surface area (Å²) in [5.41, 5.74) is 1.64. The van der Waals surface area contributed by atoms with Crippen molar-refractivity contribution in [2.45, 2.75) is 25.7 Å². The molecule has 3 nitrogen and oxygen atoms in total. The van der Waals surface area contributed by atoms with E-state index in [4.69, 9.17) is 0 Å². The van der Waals surface area contributed by atoms with Crippen LogP contribution in [0.15, 0.2) is 48.8 Å². The Labute approximate surface area is 136 Å². The number of halogens is 1.